The molecule has 0 aliphatic heterocycles. The summed E-state index contributed by atoms with van der Waals surface area (Å²) >= 11 is 1.26. The van der Waals surface area contributed by atoms with Gasteiger partial charge in [0, 0.05) is 11.4 Å². The van der Waals surface area contributed by atoms with E-state index in [0.717, 1.165) is 17.0 Å². The molecule has 0 radical (unpaired) electrons. The maximum atomic E-state index is 12.1. The van der Waals surface area contributed by atoms with Crippen LogP contribution in [0.1, 0.15) is 37.2 Å². The van der Waals surface area contributed by atoms with E-state index in [9.17, 15) is 9.59 Å². The number of rotatable bonds is 7. The molecule has 23 heavy (non-hydrogen) atoms. The minimum Gasteiger partial charge on any atom is -0.467 e. The Morgan fingerprint density at radius 3 is 2.22 bits per heavy atom. The maximum absolute atomic E-state index is 12.1. The van der Waals surface area contributed by atoms with E-state index < -0.39 is 12.0 Å². The molecule has 1 amide bonds. The van der Waals surface area contributed by atoms with Crippen molar-refractivity contribution in [1.29, 1.82) is 0 Å². The standard InChI is InChI=1S/C16H25N3O3S/c1-9(2)7-13(15(21)22-6)19-14(20)8-23-16-17-11(4)10(3)12(5)18-16/h9,13H,7-8H2,1-6H3,(H,19,20)/t13-/m1/s1. The van der Waals surface area contributed by atoms with Crippen LogP contribution in [0.3, 0.4) is 0 Å². The molecule has 0 aromatic carbocycles. The largest absolute Gasteiger partial charge is 0.467 e. The first-order valence-corrected chi connectivity index (χ1v) is 8.55. The van der Waals surface area contributed by atoms with Gasteiger partial charge in [-0.1, -0.05) is 25.6 Å². The highest BCUT2D eigenvalue weighted by atomic mass is 32.2. The molecule has 6 nitrogen and oxygen atoms in total. The fraction of sp³-hybridized carbons (Fsp3) is 0.625. The summed E-state index contributed by atoms with van der Waals surface area (Å²) in [5.41, 5.74) is 2.88. The Morgan fingerprint density at radius 2 is 1.74 bits per heavy atom. The predicted molar refractivity (Wildman–Crippen MR) is 90.4 cm³/mol. The fourth-order valence-corrected chi connectivity index (χ4v) is 2.75. The summed E-state index contributed by atoms with van der Waals surface area (Å²) < 4.78 is 4.74. The first-order valence-electron chi connectivity index (χ1n) is 7.56. The van der Waals surface area contributed by atoms with Gasteiger partial charge in [0.1, 0.15) is 6.04 Å². The van der Waals surface area contributed by atoms with Gasteiger partial charge >= 0.3 is 5.97 Å². The van der Waals surface area contributed by atoms with Crippen molar-refractivity contribution in [1.82, 2.24) is 15.3 Å². The Kier molecular flexibility index (Phi) is 7.48. The third-order valence-corrected chi connectivity index (χ3v) is 4.32. The zero-order valence-electron chi connectivity index (χ0n) is 14.6. The summed E-state index contributed by atoms with van der Waals surface area (Å²) in [5, 5.41) is 3.29. The van der Waals surface area contributed by atoms with Gasteiger partial charge in [0.25, 0.3) is 0 Å². The van der Waals surface area contributed by atoms with Crippen molar-refractivity contribution in [2.75, 3.05) is 12.9 Å². The zero-order chi connectivity index (χ0) is 17.6. The number of carbonyl (C=O) groups is 2. The Morgan fingerprint density at radius 1 is 1.17 bits per heavy atom. The SMILES string of the molecule is COC(=O)[C@@H](CC(C)C)NC(=O)CSc1nc(C)c(C)c(C)n1. The van der Waals surface area contributed by atoms with E-state index >= 15 is 0 Å². The number of hydrogen-bond donors (Lipinski definition) is 1. The van der Waals surface area contributed by atoms with Gasteiger partial charge in [-0.2, -0.15) is 0 Å². The van der Waals surface area contributed by atoms with Gasteiger partial charge in [0.15, 0.2) is 5.16 Å². The molecule has 1 rings (SSSR count). The van der Waals surface area contributed by atoms with Crippen molar-refractivity contribution in [3.05, 3.63) is 17.0 Å². The monoisotopic (exact) mass is 339 g/mol. The average molecular weight is 339 g/mol. The maximum Gasteiger partial charge on any atom is 0.328 e. The fourth-order valence-electron chi connectivity index (χ4n) is 2.00. The van der Waals surface area contributed by atoms with Crippen LogP contribution in [-0.2, 0) is 14.3 Å². The molecule has 1 aromatic rings. The van der Waals surface area contributed by atoms with Crippen LogP contribution in [0.25, 0.3) is 0 Å². The highest BCUT2D eigenvalue weighted by molar-refractivity contribution is 7.99. The second-order valence-corrected chi connectivity index (χ2v) is 6.81. The molecular weight excluding hydrogens is 314 g/mol. The summed E-state index contributed by atoms with van der Waals surface area (Å²) in [7, 11) is 1.32. The lowest BCUT2D eigenvalue weighted by molar-refractivity contribution is -0.145. The molecule has 0 aliphatic rings. The quantitative estimate of drug-likeness (QED) is 0.466. The zero-order valence-corrected chi connectivity index (χ0v) is 15.4. The highest BCUT2D eigenvalue weighted by Gasteiger charge is 2.22. The number of ether oxygens (including phenoxy) is 1. The van der Waals surface area contributed by atoms with Crippen LogP contribution in [0.5, 0.6) is 0 Å². The predicted octanol–water partition coefficient (Wildman–Crippen LogP) is 2.20. The first kappa shape index (κ1) is 19.4. The molecule has 128 valence electrons. The third-order valence-electron chi connectivity index (χ3n) is 3.47. The minimum atomic E-state index is -0.615. The molecule has 1 aromatic heterocycles. The van der Waals surface area contributed by atoms with Crippen LogP contribution >= 0.6 is 11.8 Å². The number of aromatic nitrogens is 2. The van der Waals surface area contributed by atoms with Crippen LogP contribution < -0.4 is 5.32 Å². The Balaban J connectivity index is 2.63. The van der Waals surface area contributed by atoms with E-state index in [2.05, 4.69) is 15.3 Å². The van der Waals surface area contributed by atoms with E-state index in [1.165, 1.54) is 18.9 Å². The lowest BCUT2D eigenvalue weighted by Gasteiger charge is -2.18. The Bertz CT molecular complexity index is 553. The van der Waals surface area contributed by atoms with Gasteiger partial charge < -0.3 is 10.1 Å². The Hall–Kier alpha value is -1.63. The topological polar surface area (TPSA) is 81.2 Å². The van der Waals surface area contributed by atoms with Gasteiger partial charge in [0.2, 0.25) is 5.91 Å². The molecular formula is C16H25N3O3S. The van der Waals surface area contributed by atoms with Crippen molar-refractivity contribution >= 4 is 23.6 Å². The van der Waals surface area contributed by atoms with Crippen molar-refractivity contribution < 1.29 is 14.3 Å². The van der Waals surface area contributed by atoms with E-state index in [1.807, 2.05) is 34.6 Å². The second-order valence-electron chi connectivity index (χ2n) is 5.86. The number of methoxy groups -OCH3 is 1. The van der Waals surface area contributed by atoms with E-state index in [-0.39, 0.29) is 17.6 Å². The molecule has 1 atom stereocenters. The van der Waals surface area contributed by atoms with Gasteiger partial charge in [-0.15, -0.1) is 0 Å². The molecule has 0 spiro atoms. The van der Waals surface area contributed by atoms with Crippen LogP contribution in [0, 0.1) is 26.7 Å². The van der Waals surface area contributed by atoms with Gasteiger partial charge in [0.05, 0.1) is 12.9 Å². The molecule has 0 unspecified atom stereocenters. The van der Waals surface area contributed by atoms with Gasteiger partial charge in [-0.25, -0.2) is 14.8 Å². The molecule has 0 bridgehead atoms. The number of aryl methyl sites for hydroxylation is 2. The third kappa shape index (κ3) is 6.17. The van der Waals surface area contributed by atoms with Crippen LogP contribution in [0.2, 0.25) is 0 Å². The van der Waals surface area contributed by atoms with Gasteiger partial charge in [-0.3, -0.25) is 4.79 Å². The Labute approximate surface area is 141 Å². The number of esters is 1. The lowest BCUT2D eigenvalue weighted by atomic mass is 10.0. The molecule has 0 fully saturated rings. The van der Waals surface area contributed by atoms with Crippen molar-refractivity contribution in [3.63, 3.8) is 0 Å². The molecule has 1 heterocycles. The number of thioether (sulfide) groups is 1. The molecule has 1 N–H and O–H groups in total. The summed E-state index contributed by atoms with van der Waals surface area (Å²) in [6.45, 7) is 9.79. The summed E-state index contributed by atoms with van der Waals surface area (Å²) in [4.78, 5) is 32.5. The molecule has 0 saturated carbocycles. The summed E-state index contributed by atoms with van der Waals surface area (Å²) in [6, 6.07) is -0.615. The smallest absolute Gasteiger partial charge is 0.328 e. The lowest BCUT2D eigenvalue weighted by Crippen LogP contribution is -2.43. The normalized spacial score (nSPS) is 12.1. The highest BCUT2D eigenvalue weighted by Crippen LogP contribution is 2.17. The number of hydrogen-bond acceptors (Lipinski definition) is 6. The number of amides is 1. The molecule has 7 heteroatoms. The number of carbonyl (C=O) groups excluding carboxylic acids is 2. The van der Waals surface area contributed by atoms with Crippen molar-refractivity contribution in [3.8, 4) is 0 Å². The summed E-state index contributed by atoms with van der Waals surface area (Å²) in [5.74, 6) is -0.216. The van der Waals surface area contributed by atoms with Gasteiger partial charge in [-0.05, 0) is 38.7 Å². The van der Waals surface area contributed by atoms with Crippen molar-refractivity contribution in [2.45, 2.75) is 52.2 Å². The number of nitrogens with one attached hydrogen (secondary N) is 1. The van der Waals surface area contributed by atoms with E-state index in [4.69, 9.17) is 4.74 Å². The summed E-state index contributed by atoms with van der Waals surface area (Å²) in [6.07, 6.45) is 0.544. The van der Waals surface area contributed by atoms with Crippen LogP contribution in [-0.4, -0.2) is 40.7 Å². The van der Waals surface area contributed by atoms with E-state index in [0.29, 0.717) is 11.6 Å². The number of nitrogens with zero attached hydrogens (tertiary/aromatic N) is 2. The van der Waals surface area contributed by atoms with E-state index in [1.54, 1.807) is 0 Å². The molecule has 0 aliphatic carbocycles. The second kappa shape index (κ2) is 8.86. The average Bonchev–Trinajstić information content (AvgIpc) is 2.48. The van der Waals surface area contributed by atoms with Crippen molar-refractivity contribution in [2.24, 2.45) is 5.92 Å². The minimum absolute atomic E-state index is 0.160. The van der Waals surface area contributed by atoms with Crippen LogP contribution in [0.4, 0.5) is 0 Å². The molecule has 0 saturated heterocycles. The van der Waals surface area contributed by atoms with Crippen LogP contribution in [0.15, 0.2) is 5.16 Å². The first-order chi connectivity index (χ1) is 10.7.